The molecule has 1 amide bonds. The van der Waals surface area contributed by atoms with Crippen molar-refractivity contribution in [3.05, 3.63) is 59.4 Å². The number of aryl methyl sites for hydroxylation is 1. The minimum Gasteiger partial charge on any atom is -0.497 e. The normalized spacial score (nSPS) is 10.9. The Kier molecular flexibility index (Phi) is 7.57. The average molecular weight is 441 g/mol. The van der Waals surface area contributed by atoms with Crippen molar-refractivity contribution in [1.82, 2.24) is 14.8 Å². The summed E-state index contributed by atoms with van der Waals surface area (Å²) in [4.78, 5) is 12.3. The number of nitrogens with one attached hydrogen (secondary N) is 1. The van der Waals surface area contributed by atoms with E-state index in [0.717, 1.165) is 16.9 Å². The predicted molar refractivity (Wildman–Crippen MR) is 123 cm³/mol. The molecule has 0 atom stereocenters. The molecular formula is C23H28N4O3S. The van der Waals surface area contributed by atoms with E-state index in [9.17, 15) is 4.79 Å². The Hall–Kier alpha value is -3.00. The van der Waals surface area contributed by atoms with Crippen LogP contribution in [-0.4, -0.2) is 33.5 Å². The van der Waals surface area contributed by atoms with E-state index in [1.165, 1.54) is 11.8 Å². The summed E-state index contributed by atoms with van der Waals surface area (Å²) >= 11 is 1.33. The van der Waals surface area contributed by atoms with Crippen LogP contribution >= 0.6 is 11.8 Å². The van der Waals surface area contributed by atoms with Crippen LogP contribution < -0.4 is 14.8 Å². The molecule has 0 saturated carbocycles. The number of benzene rings is 2. The molecule has 0 fully saturated rings. The van der Waals surface area contributed by atoms with E-state index in [0.29, 0.717) is 34.9 Å². The second-order valence-corrected chi connectivity index (χ2v) is 8.45. The molecule has 3 aromatic rings. The minimum absolute atomic E-state index is 0.125. The van der Waals surface area contributed by atoms with Gasteiger partial charge < -0.3 is 19.4 Å². The maximum atomic E-state index is 12.3. The highest BCUT2D eigenvalue weighted by atomic mass is 32.2. The molecule has 0 radical (unpaired) electrons. The highest BCUT2D eigenvalue weighted by molar-refractivity contribution is 7.99. The number of hydrogen-bond acceptors (Lipinski definition) is 6. The molecule has 3 rings (SSSR count). The smallest absolute Gasteiger partial charge is 0.234 e. The van der Waals surface area contributed by atoms with Gasteiger partial charge in [0.1, 0.15) is 18.1 Å². The maximum Gasteiger partial charge on any atom is 0.234 e. The van der Waals surface area contributed by atoms with Gasteiger partial charge >= 0.3 is 0 Å². The van der Waals surface area contributed by atoms with Gasteiger partial charge in [0.05, 0.1) is 12.9 Å². The fraction of sp³-hybridized carbons (Fsp3) is 0.348. The van der Waals surface area contributed by atoms with E-state index in [-0.39, 0.29) is 11.7 Å². The monoisotopic (exact) mass is 440 g/mol. The van der Waals surface area contributed by atoms with Crippen LogP contribution in [0.4, 0.5) is 5.69 Å². The third-order valence-electron chi connectivity index (χ3n) is 4.76. The highest BCUT2D eigenvalue weighted by Gasteiger charge is 2.14. The van der Waals surface area contributed by atoms with Crippen molar-refractivity contribution in [2.24, 2.45) is 7.05 Å². The van der Waals surface area contributed by atoms with Crippen LogP contribution in [0.1, 0.15) is 36.7 Å². The number of carbonyl (C=O) groups is 1. The number of rotatable bonds is 9. The first-order chi connectivity index (χ1) is 14.9. The molecule has 2 aromatic carbocycles. The number of methoxy groups -OCH3 is 1. The maximum absolute atomic E-state index is 12.3. The molecule has 0 unspecified atom stereocenters. The lowest BCUT2D eigenvalue weighted by atomic mass is 10.0. The fourth-order valence-electron chi connectivity index (χ4n) is 3.01. The van der Waals surface area contributed by atoms with E-state index in [1.807, 2.05) is 42.8 Å². The summed E-state index contributed by atoms with van der Waals surface area (Å²) in [5.41, 5.74) is 3.00. The number of carbonyl (C=O) groups excluding carboxylic acids is 1. The molecule has 0 spiro atoms. The summed E-state index contributed by atoms with van der Waals surface area (Å²) in [6.45, 7) is 6.64. The number of thioether (sulfide) groups is 1. The van der Waals surface area contributed by atoms with Crippen LogP contribution in [0.2, 0.25) is 0 Å². The van der Waals surface area contributed by atoms with Crippen molar-refractivity contribution < 1.29 is 14.3 Å². The predicted octanol–water partition coefficient (Wildman–Crippen LogP) is 4.57. The number of anilines is 1. The SMILES string of the molecule is COc1cccc(NC(=O)CSc2nnc(COc3cc(C)ccc3C(C)C)n2C)c1. The Balaban J connectivity index is 1.58. The number of aromatic nitrogens is 3. The average Bonchev–Trinajstić information content (AvgIpc) is 3.10. The van der Waals surface area contributed by atoms with Crippen molar-refractivity contribution in [2.45, 2.75) is 38.5 Å². The summed E-state index contributed by atoms with van der Waals surface area (Å²) in [5.74, 6) is 2.72. The Bertz CT molecular complexity index is 1050. The first kappa shape index (κ1) is 22.7. The zero-order chi connectivity index (χ0) is 22.4. The lowest BCUT2D eigenvalue weighted by Gasteiger charge is -2.14. The van der Waals surface area contributed by atoms with Crippen molar-refractivity contribution >= 4 is 23.4 Å². The van der Waals surface area contributed by atoms with Gasteiger partial charge in [-0.1, -0.05) is 43.8 Å². The van der Waals surface area contributed by atoms with Crippen LogP contribution in [0.5, 0.6) is 11.5 Å². The zero-order valence-electron chi connectivity index (χ0n) is 18.5. The number of nitrogens with zero attached hydrogens (tertiary/aromatic N) is 3. The van der Waals surface area contributed by atoms with Crippen molar-refractivity contribution in [1.29, 1.82) is 0 Å². The van der Waals surface area contributed by atoms with E-state index >= 15 is 0 Å². The highest BCUT2D eigenvalue weighted by Crippen LogP contribution is 2.28. The molecule has 0 saturated heterocycles. The molecule has 7 nitrogen and oxygen atoms in total. The lowest BCUT2D eigenvalue weighted by Crippen LogP contribution is -2.14. The molecule has 1 N–H and O–H groups in total. The van der Waals surface area contributed by atoms with Gasteiger partial charge in [-0.25, -0.2) is 0 Å². The van der Waals surface area contributed by atoms with Gasteiger partial charge in [0.2, 0.25) is 5.91 Å². The zero-order valence-corrected chi connectivity index (χ0v) is 19.3. The van der Waals surface area contributed by atoms with E-state index < -0.39 is 0 Å². The van der Waals surface area contributed by atoms with Gasteiger partial charge in [-0.3, -0.25) is 4.79 Å². The number of amides is 1. The Labute approximate surface area is 187 Å². The molecule has 0 bridgehead atoms. The molecule has 8 heteroatoms. The number of ether oxygens (including phenoxy) is 2. The molecule has 0 aliphatic carbocycles. The third-order valence-corrected chi connectivity index (χ3v) is 5.78. The first-order valence-corrected chi connectivity index (χ1v) is 11.0. The Morgan fingerprint density at radius 1 is 1.19 bits per heavy atom. The molecule has 31 heavy (non-hydrogen) atoms. The van der Waals surface area contributed by atoms with Crippen LogP contribution in [0.25, 0.3) is 0 Å². The molecule has 0 aliphatic rings. The van der Waals surface area contributed by atoms with Crippen molar-refractivity contribution in [3.8, 4) is 11.5 Å². The van der Waals surface area contributed by atoms with E-state index in [1.54, 1.807) is 13.2 Å². The second kappa shape index (κ2) is 10.3. The molecule has 164 valence electrons. The van der Waals surface area contributed by atoms with Gasteiger partial charge in [-0.15, -0.1) is 10.2 Å². The summed E-state index contributed by atoms with van der Waals surface area (Å²) < 4.78 is 13.1. The van der Waals surface area contributed by atoms with E-state index in [4.69, 9.17) is 9.47 Å². The molecule has 1 heterocycles. The van der Waals surface area contributed by atoms with Crippen LogP contribution in [0, 0.1) is 6.92 Å². The molecular weight excluding hydrogens is 412 g/mol. The Morgan fingerprint density at radius 2 is 2.00 bits per heavy atom. The quantitative estimate of drug-likeness (QED) is 0.491. The standard InChI is InChI=1S/C23H28N4O3S/c1-15(2)19-10-9-16(3)11-20(19)30-13-21-25-26-23(27(21)4)31-14-22(28)24-17-7-6-8-18(12-17)29-5/h6-12,15H,13-14H2,1-5H3,(H,24,28). The van der Waals surface area contributed by atoms with Crippen LogP contribution in [0.3, 0.4) is 0 Å². The topological polar surface area (TPSA) is 78.3 Å². The van der Waals surface area contributed by atoms with Gasteiger partial charge in [0.25, 0.3) is 0 Å². The summed E-state index contributed by atoms with van der Waals surface area (Å²) in [6, 6.07) is 13.5. The third kappa shape index (κ3) is 6.01. The lowest BCUT2D eigenvalue weighted by molar-refractivity contribution is -0.113. The second-order valence-electron chi connectivity index (χ2n) is 7.51. The van der Waals surface area contributed by atoms with Gasteiger partial charge in [0.15, 0.2) is 11.0 Å². The van der Waals surface area contributed by atoms with Crippen molar-refractivity contribution in [2.75, 3.05) is 18.2 Å². The summed E-state index contributed by atoms with van der Waals surface area (Å²) in [5, 5.41) is 12.0. The summed E-state index contributed by atoms with van der Waals surface area (Å²) in [6.07, 6.45) is 0. The van der Waals surface area contributed by atoms with Crippen LogP contribution in [-0.2, 0) is 18.4 Å². The minimum atomic E-state index is -0.125. The van der Waals surface area contributed by atoms with Crippen molar-refractivity contribution in [3.63, 3.8) is 0 Å². The first-order valence-electron chi connectivity index (χ1n) is 10.1. The van der Waals surface area contributed by atoms with Gasteiger partial charge in [0, 0.05) is 18.8 Å². The van der Waals surface area contributed by atoms with Gasteiger partial charge in [-0.2, -0.15) is 0 Å². The van der Waals surface area contributed by atoms with Crippen LogP contribution in [0.15, 0.2) is 47.6 Å². The summed E-state index contributed by atoms with van der Waals surface area (Å²) in [7, 11) is 3.47. The number of hydrogen-bond donors (Lipinski definition) is 1. The Morgan fingerprint density at radius 3 is 2.74 bits per heavy atom. The fourth-order valence-corrected chi connectivity index (χ4v) is 3.74. The molecule has 0 aliphatic heterocycles. The molecule has 1 aromatic heterocycles. The van der Waals surface area contributed by atoms with E-state index in [2.05, 4.69) is 41.5 Å². The largest absolute Gasteiger partial charge is 0.497 e. The van der Waals surface area contributed by atoms with Gasteiger partial charge in [-0.05, 0) is 42.2 Å².